The van der Waals surface area contributed by atoms with Gasteiger partial charge in [-0.05, 0) is 50.2 Å². The SMILES string of the molecule is COC(=O)c1ccc(C(=O)N(C)C2CCN(BC=O)CC2)cc1. The van der Waals surface area contributed by atoms with Gasteiger partial charge in [0.1, 0.15) is 0 Å². The molecule has 0 aliphatic carbocycles. The van der Waals surface area contributed by atoms with Crippen molar-refractivity contribution in [2.24, 2.45) is 0 Å². The average Bonchev–Trinajstić information content (AvgIpc) is 2.61. The van der Waals surface area contributed by atoms with Crippen molar-refractivity contribution in [3.8, 4) is 0 Å². The zero-order chi connectivity index (χ0) is 16.8. The molecule has 1 fully saturated rings. The molecule has 1 aromatic rings. The van der Waals surface area contributed by atoms with E-state index >= 15 is 0 Å². The van der Waals surface area contributed by atoms with E-state index in [-0.39, 0.29) is 11.9 Å². The van der Waals surface area contributed by atoms with Crippen LogP contribution in [0, 0.1) is 0 Å². The molecule has 0 atom stereocenters. The van der Waals surface area contributed by atoms with Gasteiger partial charge in [0.05, 0.1) is 18.9 Å². The van der Waals surface area contributed by atoms with Crippen LogP contribution >= 0.6 is 0 Å². The molecule has 1 saturated heterocycles. The second-order valence-electron chi connectivity index (χ2n) is 5.68. The number of nitrogens with zero attached hydrogens (tertiary/aromatic N) is 2. The van der Waals surface area contributed by atoms with Gasteiger partial charge in [0.15, 0.2) is 0 Å². The van der Waals surface area contributed by atoms with Crippen molar-refractivity contribution in [3.63, 3.8) is 0 Å². The summed E-state index contributed by atoms with van der Waals surface area (Å²) in [6.45, 7) is 1.64. The van der Waals surface area contributed by atoms with Crippen molar-refractivity contribution in [1.82, 2.24) is 9.71 Å². The minimum atomic E-state index is -0.417. The summed E-state index contributed by atoms with van der Waals surface area (Å²) in [5.41, 5.74) is 0.976. The lowest BCUT2D eigenvalue weighted by Crippen LogP contribution is -2.46. The molecule has 1 aliphatic heterocycles. The van der Waals surface area contributed by atoms with Crippen molar-refractivity contribution in [1.29, 1.82) is 0 Å². The summed E-state index contributed by atoms with van der Waals surface area (Å²) in [7, 11) is 3.59. The maximum atomic E-state index is 12.5. The third-order valence-corrected chi connectivity index (χ3v) is 4.31. The number of rotatable bonds is 5. The van der Waals surface area contributed by atoms with Crippen molar-refractivity contribution in [2.45, 2.75) is 18.9 Å². The van der Waals surface area contributed by atoms with E-state index in [1.54, 1.807) is 36.2 Å². The van der Waals surface area contributed by atoms with E-state index in [4.69, 9.17) is 0 Å². The number of esters is 1. The Morgan fingerprint density at radius 1 is 1.22 bits per heavy atom. The predicted molar refractivity (Wildman–Crippen MR) is 88.4 cm³/mol. The third-order valence-electron chi connectivity index (χ3n) is 4.31. The molecule has 6 nitrogen and oxygen atoms in total. The number of benzene rings is 1. The lowest BCUT2D eigenvalue weighted by molar-refractivity contribution is 0.0598. The lowest BCUT2D eigenvalue weighted by atomic mass is 9.89. The first-order chi connectivity index (χ1) is 11.1. The fourth-order valence-electron chi connectivity index (χ4n) is 2.83. The molecule has 1 heterocycles. The summed E-state index contributed by atoms with van der Waals surface area (Å²) in [5, 5.41) is 0. The van der Waals surface area contributed by atoms with Crippen molar-refractivity contribution in [3.05, 3.63) is 35.4 Å². The number of ether oxygens (including phenoxy) is 1. The highest BCUT2D eigenvalue weighted by Gasteiger charge is 2.26. The van der Waals surface area contributed by atoms with Crippen LogP contribution in [0.25, 0.3) is 0 Å². The number of carbonyl (C=O) groups is 3. The third kappa shape index (κ3) is 4.19. The maximum absolute atomic E-state index is 12.5. The normalized spacial score (nSPS) is 15.7. The van der Waals surface area contributed by atoms with Crippen LogP contribution in [-0.2, 0) is 9.53 Å². The molecule has 1 aliphatic rings. The van der Waals surface area contributed by atoms with Crippen LogP contribution in [0.3, 0.4) is 0 Å². The smallest absolute Gasteiger partial charge is 0.337 e. The van der Waals surface area contributed by atoms with Gasteiger partial charge >= 0.3 is 5.97 Å². The predicted octanol–water partition coefficient (Wildman–Crippen LogP) is 0.551. The summed E-state index contributed by atoms with van der Waals surface area (Å²) in [6.07, 6.45) is 2.63. The Balaban J connectivity index is 1.97. The fourth-order valence-corrected chi connectivity index (χ4v) is 2.83. The zero-order valence-electron chi connectivity index (χ0n) is 13.5. The van der Waals surface area contributed by atoms with Gasteiger partial charge in [-0.25, -0.2) is 4.79 Å². The van der Waals surface area contributed by atoms with E-state index in [0.717, 1.165) is 32.1 Å². The van der Waals surface area contributed by atoms with Gasteiger partial charge < -0.3 is 19.2 Å². The van der Waals surface area contributed by atoms with Crippen LogP contribution in [0.15, 0.2) is 24.3 Å². The molecule has 1 aromatic carbocycles. The van der Waals surface area contributed by atoms with E-state index in [0.29, 0.717) is 18.5 Å². The number of hydrogen-bond acceptors (Lipinski definition) is 5. The maximum Gasteiger partial charge on any atom is 0.337 e. The van der Waals surface area contributed by atoms with Gasteiger partial charge in [-0.1, -0.05) is 0 Å². The van der Waals surface area contributed by atoms with Crippen molar-refractivity contribution in [2.75, 3.05) is 27.2 Å². The quantitative estimate of drug-likeness (QED) is 0.451. The van der Waals surface area contributed by atoms with E-state index in [9.17, 15) is 14.4 Å². The van der Waals surface area contributed by atoms with E-state index in [2.05, 4.69) is 9.55 Å². The Labute approximate surface area is 136 Å². The number of hydrogen-bond donors (Lipinski definition) is 0. The van der Waals surface area contributed by atoms with Crippen LogP contribution in [0.4, 0.5) is 0 Å². The molecule has 23 heavy (non-hydrogen) atoms. The number of amides is 1. The zero-order valence-corrected chi connectivity index (χ0v) is 13.5. The summed E-state index contributed by atoms with van der Waals surface area (Å²) >= 11 is 0. The van der Waals surface area contributed by atoms with Gasteiger partial charge in [-0.3, -0.25) is 4.79 Å². The molecule has 0 aromatic heterocycles. The Morgan fingerprint density at radius 2 is 1.78 bits per heavy atom. The molecule has 0 N–H and O–H groups in total. The van der Waals surface area contributed by atoms with Crippen molar-refractivity contribution < 1.29 is 19.1 Å². The Morgan fingerprint density at radius 3 is 2.30 bits per heavy atom. The van der Waals surface area contributed by atoms with Gasteiger partial charge in [0, 0.05) is 18.7 Å². The van der Waals surface area contributed by atoms with E-state index in [1.165, 1.54) is 7.11 Å². The summed E-state index contributed by atoms with van der Waals surface area (Å²) in [4.78, 5) is 38.3. The van der Waals surface area contributed by atoms with E-state index in [1.807, 2.05) is 0 Å². The molecule has 0 spiro atoms. The second-order valence-corrected chi connectivity index (χ2v) is 5.68. The van der Waals surface area contributed by atoms with Gasteiger partial charge in [0.2, 0.25) is 0 Å². The van der Waals surface area contributed by atoms with Crippen LogP contribution < -0.4 is 0 Å². The topological polar surface area (TPSA) is 66.9 Å². The first-order valence-electron chi connectivity index (χ1n) is 7.68. The minimum Gasteiger partial charge on any atom is -0.465 e. The van der Waals surface area contributed by atoms with Crippen LogP contribution in [0.5, 0.6) is 0 Å². The molecule has 0 unspecified atom stereocenters. The first-order valence-corrected chi connectivity index (χ1v) is 7.68. The highest BCUT2D eigenvalue weighted by Crippen LogP contribution is 2.17. The van der Waals surface area contributed by atoms with Crippen LogP contribution in [0.1, 0.15) is 33.6 Å². The van der Waals surface area contributed by atoms with Crippen LogP contribution in [-0.4, -0.2) is 68.5 Å². The Kier molecular flexibility index (Phi) is 5.93. The largest absolute Gasteiger partial charge is 0.465 e. The molecule has 0 bridgehead atoms. The first kappa shape index (κ1) is 17.2. The molecule has 122 valence electrons. The molecule has 0 saturated carbocycles. The number of piperidine rings is 1. The van der Waals surface area contributed by atoms with Gasteiger partial charge in [-0.2, -0.15) is 0 Å². The minimum absolute atomic E-state index is 0.0600. The lowest BCUT2D eigenvalue weighted by Gasteiger charge is -2.36. The highest BCUT2D eigenvalue weighted by atomic mass is 16.5. The van der Waals surface area contributed by atoms with E-state index < -0.39 is 5.97 Å². The molecule has 1 amide bonds. The van der Waals surface area contributed by atoms with Gasteiger partial charge in [0.25, 0.3) is 13.3 Å². The highest BCUT2D eigenvalue weighted by molar-refractivity contribution is 6.64. The molecule has 2 rings (SSSR count). The van der Waals surface area contributed by atoms with Crippen molar-refractivity contribution >= 4 is 25.5 Å². The Hall–Kier alpha value is -2.15. The summed E-state index contributed by atoms with van der Waals surface area (Å²) < 4.78 is 4.65. The monoisotopic (exact) mass is 316 g/mol. The Bertz CT molecular complexity index is 568. The molecule has 0 radical (unpaired) electrons. The second kappa shape index (κ2) is 7.92. The molecular formula is C16H21BN2O4. The fraction of sp³-hybridized carbons (Fsp3) is 0.438. The molecule has 7 heteroatoms. The number of methoxy groups -OCH3 is 1. The summed E-state index contributed by atoms with van der Waals surface area (Å²) in [5.74, 6) is -0.477. The average molecular weight is 316 g/mol. The number of carbonyl (C=O) groups excluding carboxylic acids is 3. The standard InChI is InChI=1S/C16H21BN2O4/c1-18(14-7-9-19(10-8-14)17-11-20)15(21)12-3-5-13(6-4-12)16(22)23-2/h3-6,11,14,17H,7-10H2,1-2H3. The van der Waals surface area contributed by atoms with Crippen LogP contribution in [0.2, 0.25) is 0 Å². The van der Waals surface area contributed by atoms with Gasteiger partial charge in [-0.15, -0.1) is 0 Å². The summed E-state index contributed by atoms with van der Waals surface area (Å²) in [6, 6.07) is 6.66. The molecular weight excluding hydrogens is 295 g/mol.